The predicted molar refractivity (Wildman–Crippen MR) is 94.1 cm³/mol. The molecule has 2 fully saturated rings. The third-order valence-electron chi connectivity index (χ3n) is 5.01. The summed E-state index contributed by atoms with van der Waals surface area (Å²) in [5.74, 6) is -0.373. The van der Waals surface area contributed by atoms with Crippen LogP contribution in [0.25, 0.3) is 0 Å². The van der Waals surface area contributed by atoms with Crippen molar-refractivity contribution in [2.24, 2.45) is 0 Å². The number of carbonyl (C=O) groups is 2. The molecule has 0 atom stereocenters. The number of ether oxygens (including phenoxy) is 1. The van der Waals surface area contributed by atoms with Crippen LogP contribution in [0.5, 0.6) is 0 Å². The lowest BCUT2D eigenvalue weighted by molar-refractivity contribution is -0.118. The zero-order chi connectivity index (χ0) is 18.1. The second-order valence-corrected chi connectivity index (χ2v) is 6.78. The molecule has 1 N–H and O–H groups in total. The van der Waals surface area contributed by atoms with E-state index in [1.165, 1.54) is 12.1 Å². The van der Waals surface area contributed by atoms with E-state index in [0.29, 0.717) is 25.4 Å². The van der Waals surface area contributed by atoms with Gasteiger partial charge in [-0.1, -0.05) is 24.3 Å². The molecule has 0 aromatic heterocycles. The summed E-state index contributed by atoms with van der Waals surface area (Å²) < 4.78 is 18.0. The topological polar surface area (TPSA) is 58.6 Å². The van der Waals surface area contributed by atoms with Crippen molar-refractivity contribution in [2.75, 3.05) is 18.5 Å². The maximum atomic E-state index is 13.1. The van der Waals surface area contributed by atoms with Gasteiger partial charge in [0.1, 0.15) is 12.4 Å². The maximum absolute atomic E-state index is 13.1. The highest BCUT2D eigenvalue weighted by Gasteiger charge is 2.51. The fourth-order valence-electron chi connectivity index (χ4n) is 3.27. The Labute approximate surface area is 150 Å². The Hall–Kier alpha value is -2.89. The minimum Gasteiger partial charge on any atom is -0.448 e. The van der Waals surface area contributed by atoms with Gasteiger partial charge in [0.2, 0.25) is 5.91 Å². The molecule has 0 radical (unpaired) electrons. The first-order valence-corrected chi connectivity index (χ1v) is 8.65. The highest BCUT2D eigenvalue weighted by atomic mass is 19.1. The summed E-state index contributed by atoms with van der Waals surface area (Å²) in [7, 11) is 0. The molecular formula is C20H19FN2O3. The number of nitrogens with one attached hydrogen (secondary N) is 1. The van der Waals surface area contributed by atoms with Gasteiger partial charge in [-0.2, -0.15) is 0 Å². The zero-order valence-corrected chi connectivity index (χ0v) is 14.2. The summed E-state index contributed by atoms with van der Waals surface area (Å²) in [6.07, 6.45) is 1.23. The number of benzene rings is 2. The SMILES string of the molecule is O=C1OCCN1Cc1ccc(NC(=O)C2(c3ccc(F)cc3)CC2)cc1. The molecule has 5 nitrogen and oxygen atoms in total. The smallest absolute Gasteiger partial charge is 0.410 e. The molecule has 6 heteroatoms. The molecule has 1 saturated heterocycles. The van der Waals surface area contributed by atoms with Crippen LogP contribution in [0.2, 0.25) is 0 Å². The van der Waals surface area contributed by atoms with Crippen LogP contribution in [0.3, 0.4) is 0 Å². The normalized spacial score (nSPS) is 17.7. The summed E-state index contributed by atoms with van der Waals surface area (Å²) in [4.78, 5) is 25.8. The van der Waals surface area contributed by atoms with Crippen LogP contribution in [0.1, 0.15) is 24.0 Å². The number of anilines is 1. The highest BCUT2D eigenvalue weighted by Crippen LogP contribution is 2.49. The summed E-state index contributed by atoms with van der Waals surface area (Å²) in [5.41, 5.74) is 1.98. The predicted octanol–water partition coefficient (Wildman–Crippen LogP) is 3.45. The molecule has 1 aliphatic carbocycles. The van der Waals surface area contributed by atoms with E-state index in [0.717, 1.165) is 24.0 Å². The van der Waals surface area contributed by atoms with E-state index in [-0.39, 0.29) is 17.8 Å². The van der Waals surface area contributed by atoms with Crippen LogP contribution < -0.4 is 5.32 Å². The molecule has 2 aliphatic rings. The Morgan fingerprint density at radius 3 is 2.38 bits per heavy atom. The van der Waals surface area contributed by atoms with Crippen LogP contribution in [0, 0.1) is 5.82 Å². The summed E-state index contributed by atoms with van der Waals surface area (Å²) in [6, 6.07) is 13.6. The van der Waals surface area contributed by atoms with Crippen molar-refractivity contribution >= 4 is 17.7 Å². The molecule has 26 heavy (non-hydrogen) atoms. The first-order valence-electron chi connectivity index (χ1n) is 8.65. The van der Waals surface area contributed by atoms with Gasteiger partial charge in [0, 0.05) is 12.2 Å². The van der Waals surface area contributed by atoms with Gasteiger partial charge in [0.25, 0.3) is 0 Å². The number of cyclic esters (lactones) is 1. The lowest BCUT2D eigenvalue weighted by Crippen LogP contribution is -2.27. The Balaban J connectivity index is 1.41. The fourth-order valence-corrected chi connectivity index (χ4v) is 3.27. The third kappa shape index (κ3) is 3.14. The molecule has 0 unspecified atom stereocenters. The second-order valence-electron chi connectivity index (χ2n) is 6.78. The zero-order valence-electron chi connectivity index (χ0n) is 14.2. The molecule has 0 spiro atoms. The number of carbonyl (C=O) groups excluding carboxylic acids is 2. The molecule has 1 saturated carbocycles. The van der Waals surface area contributed by atoms with E-state index in [1.54, 1.807) is 17.0 Å². The van der Waals surface area contributed by atoms with Crippen molar-refractivity contribution in [3.63, 3.8) is 0 Å². The van der Waals surface area contributed by atoms with Crippen molar-refractivity contribution < 1.29 is 18.7 Å². The molecular weight excluding hydrogens is 335 g/mol. The molecule has 2 amide bonds. The number of halogens is 1. The van der Waals surface area contributed by atoms with Gasteiger partial charge in [-0.15, -0.1) is 0 Å². The number of rotatable bonds is 5. The first kappa shape index (κ1) is 16.6. The van der Waals surface area contributed by atoms with Gasteiger partial charge in [-0.3, -0.25) is 4.79 Å². The Bertz CT molecular complexity index is 829. The van der Waals surface area contributed by atoms with E-state index in [4.69, 9.17) is 4.74 Å². The summed E-state index contributed by atoms with van der Waals surface area (Å²) >= 11 is 0. The Kier molecular flexibility index (Phi) is 4.11. The van der Waals surface area contributed by atoms with Crippen LogP contribution in [0.15, 0.2) is 48.5 Å². The number of hydrogen-bond acceptors (Lipinski definition) is 3. The minimum atomic E-state index is -0.550. The molecule has 1 heterocycles. The summed E-state index contributed by atoms with van der Waals surface area (Å²) in [5, 5.41) is 2.95. The monoisotopic (exact) mass is 354 g/mol. The molecule has 0 bridgehead atoms. The van der Waals surface area contributed by atoms with Gasteiger partial charge >= 0.3 is 6.09 Å². The van der Waals surface area contributed by atoms with Crippen molar-refractivity contribution in [2.45, 2.75) is 24.8 Å². The van der Waals surface area contributed by atoms with E-state index >= 15 is 0 Å². The van der Waals surface area contributed by atoms with Gasteiger partial charge in [-0.05, 0) is 48.2 Å². The van der Waals surface area contributed by atoms with Crippen molar-refractivity contribution in [3.8, 4) is 0 Å². The van der Waals surface area contributed by atoms with Gasteiger partial charge < -0.3 is 15.0 Å². The average molecular weight is 354 g/mol. The van der Waals surface area contributed by atoms with Gasteiger partial charge in [-0.25, -0.2) is 9.18 Å². The van der Waals surface area contributed by atoms with Crippen LogP contribution >= 0.6 is 0 Å². The standard InChI is InChI=1S/C20H19FN2O3/c21-16-5-3-15(4-6-16)20(9-10-20)18(24)22-17-7-1-14(2-8-17)13-23-11-12-26-19(23)25/h1-8H,9-13H2,(H,22,24). The number of amides is 2. The summed E-state index contributed by atoms with van der Waals surface area (Å²) in [6.45, 7) is 1.52. The Morgan fingerprint density at radius 1 is 1.12 bits per heavy atom. The first-order chi connectivity index (χ1) is 12.6. The second kappa shape index (κ2) is 6.44. The molecule has 4 rings (SSSR count). The average Bonchev–Trinajstić information content (AvgIpc) is 3.36. The van der Waals surface area contributed by atoms with E-state index in [2.05, 4.69) is 5.32 Å². The lowest BCUT2D eigenvalue weighted by atomic mass is 9.95. The highest BCUT2D eigenvalue weighted by molar-refractivity contribution is 6.01. The van der Waals surface area contributed by atoms with E-state index in [9.17, 15) is 14.0 Å². The van der Waals surface area contributed by atoms with Gasteiger partial charge in [0.15, 0.2) is 0 Å². The number of hydrogen-bond donors (Lipinski definition) is 1. The van der Waals surface area contributed by atoms with Crippen LogP contribution in [-0.4, -0.2) is 30.1 Å². The van der Waals surface area contributed by atoms with Gasteiger partial charge in [0.05, 0.1) is 12.0 Å². The van der Waals surface area contributed by atoms with Crippen molar-refractivity contribution in [1.82, 2.24) is 4.90 Å². The molecule has 134 valence electrons. The maximum Gasteiger partial charge on any atom is 0.410 e. The third-order valence-corrected chi connectivity index (χ3v) is 5.01. The Morgan fingerprint density at radius 2 is 1.81 bits per heavy atom. The fraction of sp³-hybridized carbons (Fsp3) is 0.300. The van der Waals surface area contributed by atoms with E-state index < -0.39 is 5.41 Å². The quantitative estimate of drug-likeness (QED) is 0.895. The van der Waals surface area contributed by atoms with Crippen molar-refractivity contribution in [1.29, 1.82) is 0 Å². The lowest BCUT2D eigenvalue weighted by Gasteiger charge is -2.16. The largest absolute Gasteiger partial charge is 0.448 e. The van der Waals surface area contributed by atoms with E-state index in [1.807, 2.05) is 24.3 Å². The van der Waals surface area contributed by atoms with Crippen LogP contribution in [0.4, 0.5) is 14.9 Å². The van der Waals surface area contributed by atoms with Crippen molar-refractivity contribution in [3.05, 3.63) is 65.5 Å². The minimum absolute atomic E-state index is 0.0695. The van der Waals surface area contributed by atoms with Crippen LogP contribution in [-0.2, 0) is 21.5 Å². The molecule has 1 aliphatic heterocycles. The molecule has 2 aromatic rings. The number of nitrogens with zero attached hydrogens (tertiary/aromatic N) is 1. The molecule has 2 aromatic carbocycles.